The molecule has 134 valence electrons. The Kier molecular flexibility index (Phi) is 4.09. The van der Waals surface area contributed by atoms with E-state index in [2.05, 4.69) is 38.9 Å². The molecule has 2 aromatic heterocycles. The Bertz CT molecular complexity index is 758. The number of piperazine rings is 1. The molecular formula is C18H26N6O. The molecule has 0 unspecified atom stereocenters. The average Bonchev–Trinajstić information content (AvgIpc) is 3.05. The SMILES string of the molecule is CC(C)CC1(C(=O)N2CCN(c3ccc4nncn4n3)CC2)CCC1. The first-order valence-electron chi connectivity index (χ1n) is 9.29. The van der Waals surface area contributed by atoms with E-state index >= 15 is 0 Å². The third kappa shape index (κ3) is 2.96. The fraction of sp³-hybridized carbons (Fsp3) is 0.667. The first-order chi connectivity index (χ1) is 12.1. The predicted octanol–water partition coefficient (Wildman–Crippen LogP) is 1.99. The molecular weight excluding hydrogens is 316 g/mol. The lowest BCUT2D eigenvalue weighted by Gasteiger charge is -2.46. The molecule has 25 heavy (non-hydrogen) atoms. The van der Waals surface area contributed by atoms with Crippen LogP contribution < -0.4 is 4.90 Å². The molecule has 0 spiro atoms. The molecule has 0 atom stereocenters. The van der Waals surface area contributed by atoms with Crippen LogP contribution in [0.4, 0.5) is 5.82 Å². The minimum absolute atomic E-state index is 0.0734. The number of aromatic nitrogens is 4. The first-order valence-corrected chi connectivity index (χ1v) is 9.29. The maximum atomic E-state index is 13.1. The second kappa shape index (κ2) is 6.28. The van der Waals surface area contributed by atoms with Gasteiger partial charge in [0.05, 0.1) is 0 Å². The van der Waals surface area contributed by atoms with Crippen molar-refractivity contribution in [1.29, 1.82) is 0 Å². The molecule has 7 heteroatoms. The van der Waals surface area contributed by atoms with Crippen molar-refractivity contribution in [1.82, 2.24) is 24.7 Å². The maximum absolute atomic E-state index is 13.1. The number of hydrogen-bond donors (Lipinski definition) is 0. The van der Waals surface area contributed by atoms with Crippen molar-refractivity contribution in [3.8, 4) is 0 Å². The number of hydrogen-bond acceptors (Lipinski definition) is 5. The van der Waals surface area contributed by atoms with E-state index in [4.69, 9.17) is 0 Å². The van der Waals surface area contributed by atoms with Crippen molar-refractivity contribution in [3.05, 3.63) is 18.5 Å². The number of carbonyl (C=O) groups is 1. The molecule has 4 rings (SSSR count). The summed E-state index contributed by atoms with van der Waals surface area (Å²) < 4.78 is 1.69. The Balaban J connectivity index is 1.41. The Hall–Kier alpha value is -2.18. The Morgan fingerprint density at radius 1 is 1.20 bits per heavy atom. The predicted molar refractivity (Wildman–Crippen MR) is 95.3 cm³/mol. The average molecular weight is 342 g/mol. The van der Waals surface area contributed by atoms with Crippen LogP contribution in [0.15, 0.2) is 18.5 Å². The zero-order chi connectivity index (χ0) is 17.4. The summed E-state index contributed by atoms with van der Waals surface area (Å²) in [7, 11) is 0. The summed E-state index contributed by atoms with van der Waals surface area (Å²) in [6.07, 6.45) is 5.97. The van der Waals surface area contributed by atoms with Crippen molar-refractivity contribution in [2.45, 2.75) is 39.5 Å². The van der Waals surface area contributed by atoms with Gasteiger partial charge >= 0.3 is 0 Å². The summed E-state index contributed by atoms with van der Waals surface area (Å²) in [6.45, 7) is 7.64. The van der Waals surface area contributed by atoms with Crippen LogP contribution >= 0.6 is 0 Å². The van der Waals surface area contributed by atoms with Crippen LogP contribution in [0.5, 0.6) is 0 Å². The molecule has 1 aliphatic carbocycles. The van der Waals surface area contributed by atoms with Crippen LogP contribution in [-0.2, 0) is 4.79 Å². The summed E-state index contributed by atoms with van der Waals surface area (Å²) >= 11 is 0. The summed E-state index contributed by atoms with van der Waals surface area (Å²) in [5, 5.41) is 12.4. The molecule has 7 nitrogen and oxygen atoms in total. The fourth-order valence-corrected chi connectivity index (χ4v) is 4.25. The molecule has 2 aromatic rings. The van der Waals surface area contributed by atoms with Gasteiger partial charge in [-0.3, -0.25) is 4.79 Å². The summed E-state index contributed by atoms with van der Waals surface area (Å²) in [5.41, 5.74) is 0.675. The highest BCUT2D eigenvalue weighted by Crippen LogP contribution is 2.47. The standard InChI is InChI=1S/C18H26N6O/c1-14(2)12-18(6-3-7-18)17(25)23-10-8-22(9-11-23)16-5-4-15-20-19-13-24(15)21-16/h4-5,13-14H,3,6-12H2,1-2H3. The van der Waals surface area contributed by atoms with Gasteiger partial charge in [-0.05, 0) is 37.3 Å². The van der Waals surface area contributed by atoms with E-state index in [-0.39, 0.29) is 5.41 Å². The molecule has 1 saturated carbocycles. The smallest absolute Gasteiger partial charge is 0.228 e. The minimum Gasteiger partial charge on any atom is -0.352 e. The second-order valence-electron chi connectivity index (χ2n) is 7.84. The molecule has 0 N–H and O–H groups in total. The van der Waals surface area contributed by atoms with Crippen LogP contribution in [0, 0.1) is 11.3 Å². The van der Waals surface area contributed by atoms with Crippen molar-refractivity contribution in [2.75, 3.05) is 31.1 Å². The summed E-state index contributed by atoms with van der Waals surface area (Å²) in [6, 6.07) is 3.91. The molecule has 2 aliphatic rings. The molecule has 0 radical (unpaired) electrons. The molecule has 3 heterocycles. The van der Waals surface area contributed by atoms with Crippen LogP contribution in [0.3, 0.4) is 0 Å². The highest BCUT2D eigenvalue weighted by atomic mass is 16.2. The van der Waals surface area contributed by atoms with Crippen LogP contribution in [0.1, 0.15) is 39.5 Å². The lowest BCUT2D eigenvalue weighted by molar-refractivity contribution is -0.149. The molecule has 1 aliphatic heterocycles. The van der Waals surface area contributed by atoms with Gasteiger partial charge in [-0.2, -0.15) is 4.52 Å². The number of carbonyl (C=O) groups excluding carboxylic acids is 1. The lowest BCUT2D eigenvalue weighted by atomic mass is 9.63. The van der Waals surface area contributed by atoms with Gasteiger partial charge in [0.1, 0.15) is 12.1 Å². The van der Waals surface area contributed by atoms with Crippen molar-refractivity contribution in [2.24, 2.45) is 11.3 Å². The molecule has 1 saturated heterocycles. The van der Waals surface area contributed by atoms with E-state index in [1.807, 2.05) is 12.1 Å². The van der Waals surface area contributed by atoms with Crippen molar-refractivity contribution >= 4 is 17.4 Å². The molecule has 0 bridgehead atoms. The van der Waals surface area contributed by atoms with Gasteiger partial charge in [0.15, 0.2) is 5.65 Å². The fourth-order valence-electron chi connectivity index (χ4n) is 4.25. The number of amides is 1. The van der Waals surface area contributed by atoms with Crippen molar-refractivity contribution in [3.63, 3.8) is 0 Å². The van der Waals surface area contributed by atoms with Gasteiger partial charge in [0.25, 0.3) is 0 Å². The zero-order valence-corrected chi connectivity index (χ0v) is 15.1. The Morgan fingerprint density at radius 2 is 1.96 bits per heavy atom. The van der Waals surface area contributed by atoms with E-state index < -0.39 is 0 Å². The van der Waals surface area contributed by atoms with Crippen molar-refractivity contribution < 1.29 is 4.79 Å². The maximum Gasteiger partial charge on any atom is 0.228 e. The first kappa shape index (κ1) is 16.3. The van der Waals surface area contributed by atoms with Gasteiger partial charge in [0.2, 0.25) is 5.91 Å². The largest absolute Gasteiger partial charge is 0.352 e. The third-order valence-corrected chi connectivity index (χ3v) is 5.60. The quantitative estimate of drug-likeness (QED) is 0.850. The van der Waals surface area contributed by atoms with Gasteiger partial charge in [0, 0.05) is 31.6 Å². The topological polar surface area (TPSA) is 66.6 Å². The van der Waals surface area contributed by atoms with Gasteiger partial charge in [-0.1, -0.05) is 20.3 Å². The van der Waals surface area contributed by atoms with E-state index in [0.717, 1.165) is 56.9 Å². The lowest BCUT2D eigenvalue weighted by Crippen LogP contribution is -2.55. The zero-order valence-electron chi connectivity index (χ0n) is 15.1. The van der Waals surface area contributed by atoms with Gasteiger partial charge in [-0.25, -0.2) is 0 Å². The van der Waals surface area contributed by atoms with Gasteiger partial charge < -0.3 is 9.80 Å². The number of fused-ring (bicyclic) bond motifs is 1. The van der Waals surface area contributed by atoms with Crippen LogP contribution in [0.25, 0.3) is 5.65 Å². The normalized spacial score (nSPS) is 20.1. The second-order valence-corrected chi connectivity index (χ2v) is 7.84. The number of anilines is 1. The highest BCUT2D eigenvalue weighted by Gasteiger charge is 2.46. The monoisotopic (exact) mass is 342 g/mol. The summed E-state index contributed by atoms with van der Waals surface area (Å²) in [4.78, 5) is 17.4. The molecule has 0 aromatic carbocycles. The van der Waals surface area contributed by atoms with Crippen LogP contribution in [0.2, 0.25) is 0 Å². The van der Waals surface area contributed by atoms with E-state index in [0.29, 0.717) is 11.8 Å². The molecule has 2 fully saturated rings. The number of nitrogens with zero attached hydrogens (tertiary/aromatic N) is 6. The third-order valence-electron chi connectivity index (χ3n) is 5.60. The minimum atomic E-state index is -0.0734. The van der Waals surface area contributed by atoms with E-state index in [9.17, 15) is 4.79 Å². The summed E-state index contributed by atoms with van der Waals surface area (Å²) in [5.74, 6) is 1.87. The van der Waals surface area contributed by atoms with E-state index in [1.165, 1.54) is 6.42 Å². The van der Waals surface area contributed by atoms with Gasteiger partial charge in [-0.15, -0.1) is 15.3 Å². The highest BCUT2D eigenvalue weighted by molar-refractivity contribution is 5.84. The molecule has 1 amide bonds. The van der Waals surface area contributed by atoms with E-state index in [1.54, 1.807) is 10.8 Å². The Labute approximate surface area is 148 Å². The Morgan fingerprint density at radius 3 is 2.60 bits per heavy atom. The van der Waals surface area contributed by atoms with Crippen LogP contribution in [-0.4, -0.2) is 56.8 Å². The number of rotatable bonds is 4.